The van der Waals surface area contributed by atoms with Crippen molar-refractivity contribution in [2.75, 3.05) is 13.2 Å². The molecule has 0 radical (unpaired) electrons. The van der Waals surface area contributed by atoms with Crippen LogP contribution in [0.25, 0.3) is 22.2 Å². The number of fused-ring (bicyclic) bond motifs is 1. The maximum absolute atomic E-state index is 12.8. The monoisotopic (exact) mass is 419 g/mol. The van der Waals surface area contributed by atoms with Crippen molar-refractivity contribution in [1.82, 2.24) is 15.6 Å². The molecule has 0 saturated heterocycles. The van der Waals surface area contributed by atoms with Crippen LogP contribution in [0.2, 0.25) is 0 Å². The molecule has 0 aliphatic carbocycles. The molecule has 1 atom stereocenters. The van der Waals surface area contributed by atoms with Gasteiger partial charge in [0.1, 0.15) is 6.04 Å². The highest BCUT2D eigenvalue weighted by Gasteiger charge is 2.19. The summed E-state index contributed by atoms with van der Waals surface area (Å²) in [5, 5.41) is 5.87. The molecule has 1 heterocycles. The Morgan fingerprint density at radius 1 is 1.03 bits per heavy atom. The number of rotatable bonds is 8. The van der Waals surface area contributed by atoms with Crippen LogP contribution in [-0.2, 0) is 14.3 Å². The third-order valence-electron chi connectivity index (χ3n) is 4.66. The van der Waals surface area contributed by atoms with Gasteiger partial charge in [-0.1, -0.05) is 55.5 Å². The molecule has 7 heteroatoms. The molecule has 0 fully saturated rings. The Hall–Kier alpha value is -3.74. The SMILES string of the molecule is CCCNC(=O)[C@H](C)NC(=O)COC(=O)c1cc(-c2ccccc2)nc2ccccc12. The summed E-state index contributed by atoms with van der Waals surface area (Å²) in [7, 11) is 0. The molecule has 31 heavy (non-hydrogen) atoms. The molecule has 2 aromatic carbocycles. The van der Waals surface area contributed by atoms with E-state index in [9.17, 15) is 14.4 Å². The number of amides is 2. The van der Waals surface area contributed by atoms with Gasteiger partial charge < -0.3 is 15.4 Å². The molecule has 2 N–H and O–H groups in total. The maximum atomic E-state index is 12.8. The van der Waals surface area contributed by atoms with Gasteiger partial charge in [-0.2, -0.15) is 0 Å². The lowest BCUT2D eigenvalue weighted by atomic mass is 10.0. The second-order valence-electron chi connectivity index (χ2n) is 7.09. The first-order chi connectivity index (χ1) is 15.0. The number of hydrogen-bond acceptors (Lipinski definition) is 5. The number of pyridine rings is 1. The summed E-state index contributed by atoms with van der Waals surface area (Å²) in [4.78, 5) is 41.4. The number of carbonyl (C=O) groups is 3. The number of carbonyl (C=O) groups excluding carboxylic acids is 3. The van der Waals surface area contributed by atoms with Crippen LogP contribution in [0.3, 0.4) is 0 Å². The van der Waals surface area contributed by atoms with E-state index in [1.165, 1.54) is 0 Å². The maximum Gasteiger partial charge on any atom is 0.339 e. The highest BCUT2D eigenvalue weighted by Crippen LogP contribution is 2.25. The number of nitrogens with zero attached hydrogens (tertiary/aromatic N) is 1. The Labute approximate surface area is 180 Å². The van der Waals surface area contributed by atoms with E-state index in [4.69, 9.17) is 4.74 Å². The number of hydrogen-bond donors (Lipinski definition) is 2. The first kappa shape index (κ1) is 22.0. The zero-order chi connectivity index (χ0) is 22.2. The first-order valence-corrected chi connectivity index (χ1v) is 10.2. The van der Waals surface area contributed by atoms with E-state index in [1.807, 2.05) is 55.5 Å². The Bertz CT molecular complexity index is 1080. The zero-order valence-corrected chi connectivity index (χ0v) is 17.6. The Morgan fingerprint density at radius 2 is 1.74 bits per heavy atom. The predicted octanol–water partition coefficient (Wildman–Crippen LogP) is 3.09. The van der Waals surface area contributed by atoms with Gasteiger partial charge in [-0.25, -0.2) is 9.78 Å². The van der Waals surface area contributed by atoms with Crippen LogP contribution >= 0.6 is 0 Å². The number of aromatic nitrogens is 1. The average Bonchev–Trinajstić information content (AvgIpc) is 2.80. The first-order valence-electron chi connectivity index (χ1n) is 10.2. The van der Waals surface area contributed by atoms with Crippen molar-refractivity contribution < 1.29 is 19.1 Å². The van der Waals surface area contributed by atoms with Gasteiger partial charge >= 0.3 is 5.97 Å². The highest BCUT2D eigenvalue weighted by atomic mass is 16.5. The van der Waals surface area contributed by atoms with Gasteiger partial charge in [-0.05, 0) is 25.5 Å². The van der Waals surface area contributed by atoms with E-state index in [2.05, 4.69) is 15.6 Å². The fourth-order valence-electron chi connectivity index (χ4n) is 3.06. The van der Waals surface area contributed by atoms with Gasteiger partial charge in [0.15, 0.2) is 6.61 Å². The molecule has 0 spiro atoms. The summed E-state index contributed by atoms with van der Waals surface area (Å²) in [6, 6.07) is 17.7. The van der Waals surface area contributed by atoms with Crippen LogP contribution in [0.15, 0.2) is 60.7 Å². The minimum Gasteiger partial charge on any atom is -0.452 e. The molecule has 3 aromatic rings. The number of nitrogens with one attached hydrogen (secondary N) is 2. The third kappa shape index (κ3) is 5.66. The lowest BCUT2D eigenvalue weighted by Gasteiger charge is -2.14. The van der Waals surface area contributed by atoms with Crippen molar-refractivity contribution in [3.8, 4) is 11.3 Å². The smallest absolute Gasteiger partial charge is 0.339 e. The number of esters is 1. The van der Waals surface area contributed by atoms with Gasteiger partial charge in [-0.3, -0.25) is 9.59 Å². The minimum absolute atomic E-state index is 0.283. The average molecular weight is 419 g/mol. The molecule has 0 bridgehead atoms. The third-order valence-corrected chi connectivity index (χ3v) is 4.66. The highest BCUT2D eigenvalue weighted by molar-refractivity contribution is 6.05. The van der Waals surface area contributed by atoms with Crippen molar-refractivity contribution >= 4 is 28.7 Å². The molecule has 0 saturated carbocycles. The molecule has 160 valence electrons. The molecule has 2 amide bonds. The predicted molar refractivity (Wildman–Crippen MR) is 118 cm³/mol. The lowest BCUT2D eigenvalue weighted by molar-refractivity contribution is -0.130. The number of para-hydroxylation sites is 1. The topological polar surface area (TPSA) is 97.4 Å². The Morgan fingerprint density at radius 3 is 2.48 bits per heavy atom. The van der Waals surface area contributed by atoms with Crippen LogP contribution < -0.4 is 10.6 Å². The van der Waals surface area contributed by atoms with E-state index >= 15 is 0 Å². The standard InChI is InChI=1S/C24H25N3O4/c1-3-13-25-23(29)16(2)26-22(28)15-31-24(30)19-14-21(17-9-5-4-6-10-17)27-20-12-8-7-11-18(19)20/h4-12,14,16H,3,13,15H2,1-2H3,(H,25,29)(H,26,28)/t16-/m0/s1. The van der Waals surface area contributed by atoms with Crippen molar-refractivity contribution in [2.24, 2.45) is 0 Å². The van der Waals surface area contributed by atoms with Crippen molar-refractivity contribution in [1.29, 1.82) is 0 Å². The van der Waals surface area contributed by atoms with E-state index in [0.29, 0.717) is 28.7 Å². The quantitative estimate of drug-likeness (QED) is 0.547. The van der Waals surface area contributed by atoms with Crippen molar-refractivity contribution in [3.05, 3.63) is 66.2 Å². The van der Waals surface area contributed by atoms with E-state index < -0.39 is 24.5 Å². The summed E-state index contributed by atoms with van der Waals surface area (Å²) in [5.41, 5.74) is 2.48. The van der Waals surface area contributed by atoms with Gasteiger partial charge in [-0.15, -0.1) is 0 Å². The molecule has 1 aromatic heterocycles. The molecular formula is C24H25N3O4. The van der Waals surface area contributed by atoms with Crippen LogP contribution in [-0.4, -0.2) is 42.0 Å². The number of ether oxygens (including phenoxy) is 1. The van der Waals surface area contributed by atoms with Crippen molar-refractivity contribution in [3.63, 3.8) is 0 Å². The fraction of sp³-hybridized carbons (Fsp3) is 0.250. The zero-order valence-electron chi connectivity index (χ0n) is 17.6. The second-order valence-corrected chi connectivity index (χ2v) is 7.09. The van der Waals surface area contributed by atoms with E-state index in [1.54, 1.807) is 19.1 Å². The Balaban J connectivity index is 1.73. The van der Waals surface area contributed by atoms with Gasteiger partial charge in [0.05, 0.1) is 16.8 Å². The van der Waals surface area contributed by atoms with Gasteiger partial charge in [0.25, 0.3) is 5.91 Å². The van der Waals surface area contributed by atoms with Crippen LogP contribution in [0.5, 0.6) is 0 Å². The van der Waals surface area contributed by atoms with Gasteiger partial charge in [0, 0.05) is 17.5 Å². The van der Waals surface area contributed by atoms with Crippen LogP contribution in [0.1, 0.15) is 30.6 Å². The molecule has 0 aliphatic rings. The van der Waals surface area contributed by atoms with Crippen LogP contribution in [0.4, 0.5) is 0 Å². The summed E-state index contributed by atoms with van der Waals surface area (Å²) in [6.07, 6.45) is 0.800. The molecule has 3 rings (SSSR count). The summed E-state index contributed by atoms with van der Waals surface area (Å²) in [6.45, 7) is 3.57. The Kier molecular flexibility index (Phi) is 7.32. The molecule has 0 aliphatic heterocycles. The van der Waals surface area contributed by atoms with E-state index in [0.717, 1.165) is 12.0 Å². The van der Waals surface area contributed by atoms with E-state index in [-0.39, 0.29) is 5.91 Å². The van der Waals surface area contributed by atoms with Gasteiger partial charge in [0.2, 0.25) is 5.91 Å². The molecular weight excluding hydrogens is 394 g/mol. The normalized spacial score (nSPS) is 11.5. The largest absolute Gasteiger partial charge is 0.452 e. The van der Waals surface area contributed by atoms with Crippen LogP contribution in [0, 0.1) is 0 Å². The van der Waals surface area contributed by atoms with Crippen molar-refractivity contribution in [2.45, 2.75) is 26.3 Å². The second kappa shape index (κ2) is 10.3. The minimum atomic E-state index is -0.718. The summed E-state index contributed by atoms with van der Waals surface area (Å²) < 4.78 is 5.24. The molecule has 0 unspecified atom stereocenters. The summed E-state index contributed by atoms with van der Waals surface area (Å²) in [5.74, 6) is -1.46. The molecule has 7 nitrogen and oxygen atoms in total. The fourth-order valence-corrected chi connectivity index (χ4v) is 3.06. The number of benzene rings is 2. The summed E-state index contributed by atoms with van der Waals surface area (Å²) >= 11 is 0. The lowest BCUT2D eigenvalue weighted by Crippen LogP contribution is -2.46.